The molecule has 0 aliphatic carbocycles. The molecule has 2 N–H and O–H groups in total. The molecule has 0 aliphatic heterocycles. The molecule has 52 valence electrons. The molecule has 1 nitrogen and oxygen atoms in total. The van der Waals surface area contributed by atoms with Gasteiger partial charge in [0, 0.05) is 5.70 Å². The van der Waals surface area contributed by atoms with Crippen molar-refractivity contribution < 1.29 is 0 Å². The third-order valence-corrected chi connectivity index (χ3v) is 1.52. The minimum atomic E-state index is 0.698. The quantitative estimate of drug-likeness (QED) is 0.589. The van der Waals surface area contributed by atoms with E-state index < -0.39 is 0 Å². The first-order chi connectivity index (χ1) is 4.84. The summed E-state index contributed by atoms with van der Waals surface area (Å²) < 4.78 is 0. The Morgan fingerprint density at radius 2 is 1.90 bits per heavy atom. The maximum atomic E-state index is 5.58. The lowest BCUT2D eigenvalue weighted by molar-refractivity contribution is 1.53. The normalized spacial score (nSPS) is 11.5. The molecule has 0 saturated heterocycles. The van der Waals surface area contributed by atoms with Crippen LogP contribution in [0.2, 0.25) is 0 Å². The summed E-state index contributed by atoms with van der Waals surface area (Å²) in [5.74, 6) is 0. The Bertz CT molecular complexity index is 228. The van der Waals surface area contributed by atoms with E-state index in [2.05, 4.69) is 12.6 Å². The average molecular weight is 151 g/mol. The van der Waals surface area contributed by atoms with Crippen molar-refractivity contribution in [2.45, 2.75) is 0 Å². The molecule has 1 aromatic rings. The van der Waals surface area contributed by atoms with Gasteiger partial charge in [0.1, 0.15) is 0 Å². The third-order valence-electron chi connectivity index (χ3n) is 1.25. The third kappa shape index (κ3) is 1.54. The molecule has 0 amide bonds. The van der Waals surface area contributed by atoms with Crippen molar-refractivity contribution in [3.05, 3.63) is 41.3 Å². The number of thiol groups is 1. The number of rotatable bonds is 1. The van der Waals surface area contributed by atoms with Crippen LogP contribution in [0.25, 0.3) is 5.70 Å². The second kappa shape index (κ2) is 3.32. The minimum Gasteiger partial charge on any atom is -0.398 e. The van der Waals surface area contributed by atoms with Gasteiger partial charge in [-0.3, -0.25) is 0 Å². The monoisotopic (exact) mass is 151 g/mol. The van der Waals surface area contributed by atoms with Crippen LogP contribution >= 0.6 is 12.6 Å². The zero-order valence-electron chi connectivity index (χ0n) is 5.49. The van der Waals surface area contributed by atoms with Gasteiger partial charge in [-0.15, -0.1) is 12.6 Å². The summed E-state index contributed by atoms with van der Waals surface area (Å²) in [4.78, 5) is 0. The topological polar surface area (TPSA) is 26.0 Å². The standard InChI is InChI=1S/C8H9NS/c9-8(6-10)7-4-2-1-3-5-7/h1-6,10H,9H2/b8-6-. The maximum Gasteiger partial charge on any atom is 0.0449 e. The Kier molecular flexibility index (Phi) is 2.40. The molecule has 1 aromatic carbocycles. The molecule has 10 heavy (non-hydrogen) atoms. The predicted octanol–water partition coefficient (Wildman–Crippen LogP) is 1.87. The Labute approximate surface area is 66.0 Å². The molecule has 0 aliphatic rings. The summed E-state index contributed by atoms with van der Waals surface area (Å²) in [5, 5.41) is 1.59. The first kappa shape index (κ1) is 7.22. The van der Waals surface area contributed by atoms with Crippen LogP contribution in [0, 0.1) is 0 Å². The zero-order valence-corrected chi connectivity index (χ0v) is 6.38. The summed E-state index contributed by atoms with van der Waals surface area (Å²) in [6, 6.07) is 9.73. The fraction of sp³-hybridized carbons (Fsp3) is 0. The van der Waals surface area contributed by atoms with Crippen LogP contribution in [0.15, 0.2) is 35.7 Å². The molecular weight excluding hydrogens is 142 g/mol. The summed E-state index contributed by atoms with van der Waals surface area (Å²) in [7, 11) is 0. The van der Waals surface area contributed by atoms with E-state index in [0.29, 0.717) is 5.70 Å². The molecule has 0 radical (unpaired) electrons. The van der Waals surface area contributed by atoms with Crippen molar-refractivity contribution >= 4 is 18.3 Å². The van der Waals surface area contributed by atoms with E-state index in [0.717, 1.165) is 5.56 Å². The Balaban J connectivity index is 2.96. The van der Waals surface area contributed by atoms with E-state index in [4.69, 9.17) is 5.73 Å². The van der Waals surface area contributed by atoms with Crippen LogP contribution in [-0.4, -0.2) is 0 Å². The molecule has 1 rings (SSSR count). The molecule has 2 heteroatoms. The van der Waals surface area contributed by atoms with Crippen molar-refractivity contribution in [3.63, 3.8) is 0 Å². The molecular formula is C8H9NS. The highest BCUT2D eigenvalue weighted by molar-refractivity contribution is 7.83. The zero-order chi connectivity index (χ0) is 7.40. The van der Waals surface area contributed by atoms with E-state index in [1.54, 1.807) is 5.41 Å². The van der Waals surface area contributed by atoms with Gasteiger partial charge >= 0.3 is 0 Å². The van der Waals surface area contributed by atoms with Crippen molar-refractivity contribution in [1.82, 2.24) is 0 Å². The summed E-state index contributed by atoms with van der Waals surface area (Å²) in [6.07, 6.45) is 0. The van der Waals surface area contributed by atoms with E-state index in [1.807, 2.05) is 30.3 Å². The van der Waals surface area contributed by atoms with E-state index in [-0.39, 0.29) is 0 Å². The van der Waals surface area contributed by atoms with Crippen LogP contribution < -0.4 is 5.73 Å². The summed E-state index contributed by atoms with van der Waals surface area (Å²) in [6.45, 7) is 0. The summed E-state index contributed by atoms with van der Waals surface area (Å²) >= 11 is 3.94. The Hall–Kier alpha value is -0.890. The van der Waals surface area contributed by atoms with Gasteiger partial charge in [-0.2, -0.15) is 0 Å². The van der Waals surface area contributed by atoms with Gasteiger partial charge in [-0.1, -0.05) is 30.3 Å². The van der Waals surface area contributed by atoms with Gasteiger partial charge in [0.25, 0.3) is 0 Å². The largest absolute Gasteiger partial charge is 0.398 e. The average Bonchev–Trinajstić information content (AvgIpc) is 2.05. The number of benzene rings is 1. The van der Waals surface area contributed by atoms with Crippen LogP contribution in [-0.2, 0) is 0 Å². The van der Waals surface area contributed by atoms with Gasteiger partial charge < -0.3 is 5.73 Å². The highest BCUT2D eigenvalue weighted by atomic mass is 32.1. The highest BCUT2D eigenvalue weighted by Gasteiger charge is 1.89. The van der Waals surface area contributed by atoms with Crippen molar-refractivity contribution in [3.8, 4) is 0 Å². The molecule has 0 atom stereocenters. The maximum absolute atomic E-state index is 5.58. The van der Waals surface area contributed by atoms with Gasteiger partial charge in [-0.05, 0) is 11.0 Å². The molecule has 0 aromatic heterocycles. The van der Waals surface area contributed by atoms with Crippen LogP contribution in [0.4, 0.5) is 0 Å². The van der Waals surface area contributed by atoms with Crippen LogP contribution in [0.1, 0.15) is 5.56 Å². The van der Waals surface area contributed by atoms with Gasteiger partial charge in [0.2, 0.25) is 0 Å². The van der Waals surface area contributed by atoms with Gasteiger partial charge in [0.15, 0.2) is 0 Å². The number of nitrogens with two attached hydrogens (primary N) is 1. The molecule has 0 saturated carbocycles. The first-order valence-corrected chi connectivity index (χ1v) is 3.51. The van der Waals surface area contributed by atoms with E-state index >= 15 is 0 Å². The minimum absolute atomic E-state index is 0.698. The lowest BCUT2D eigenvalue weighted by Gasteiger charge is -1.96. The molecule has 0 unspecified atom stereocenters. The fourth-order valence-electron chi connectivity index (χ4n) is 0.705. The Morgan fingerprint density at radius 3 is 2.40 bits per heavy atom. The van der Waals surface area contributed by atoms with Crippen molar-refractivity contribution in [2.75, 3.05) is 0 Å². The highest BCUT2D eigenvalue weighted by Crippen LogP contribution is 2.07. The second-order valence-corrected chi connectivity index (χ2v) is 2.21. The second-order valence-electron chi connectivity index (χ2n) is 1.95. The lowest BCUT2D eigenvalue weighted by atomic mass is 10.2. The van der Waals surface area contributed by atoms with Gasteiger partial charge in [0.05, 0.1) is 0 Å². The molecule has 0 fully saturated rings. The van der Waals surface area contributed by atoms with E-state index in [1.165, 1.54) is 0 Å². The summed E-state index contributed by atoms with van der Waals surface area (Å²) in [5.41, 5.74) is 7.29. The molecule has 0 bridgehead atoms. The van der Waals surface area contributed by atoms with Gasteiger partial charge in [-0.25, -0.2) is 0 Å². The molecule has 0 heterocycles. The number of hydrogen-bond acceptors (Lipinski definition) is 2. The predicted molar refractivity (Wildman–Crippen MR) is 47.6 cm³/mol. The van der Waals surface area contributed by atoms with Crippen LogP contribution in [0.5, 0.6) is 0 Å². The SMILES string of the molecule is N/C(=C\S)c1ccccc1. The Morgan fingerprint density at radius 1 is 1.30 bits per heavy atom. The van der Waals surface area contributed by atoms with E-state index in [9.17, 15) is 0 Å². The first-order valence-electron chi connectivity index (χ1n) is 3.00. The van der Waals surface area contributed by atoms with Crippen molar-refractivity contribution in [2.24, 2.45) is 5.73 Å². The fourth-order valence-corrected chi connectivity index (χ4v) is 0.854. The van der Waals surface area contributed by atoms with Crippen molar-refractivity contribution in [1.29, 1.82) is 0 Å². The smallest absolute Gasteiger partial charge is 0.0449 e. The molecule has 0 spiro atoms. The lowest BCUT2D eigenvalue weighted by Crippen LogP contribution is -1.93. The number of hydrogen-bond donors (Lipinski definition) is 2. The van der Waals surface area contributed by atoms with Crippen LogP contribution in [0.3, 0.4) is 0 Å².